The molecule has 1 unspecified atom stereocenters. The molecule has 0 aromatic carbocycles. The first-order valence-electron chi connectivity index (χ1n) is 7.73. The van der Waals surface area contributed by atoms with E-state index in [0.29, 0.717) is 26.2 Å². The maximum atomic E-state index is 12.3. The van der Waals surface area contributed by atoms with Crippen molar-refractivity contribution in [1.29, 1.82) is 0 Å². The molecule has 1 N–H and O–H groups in total. The van der Waals surface area contributed by atoms with Gasteiger partial charge in [0, 0.05) is 45.9 Å². The number of piperazine rings is 1. The summed E-state index contributed by atoms with van der Waals surface area (Å²) in [6.45, 7) is 4.91. The Morgan fingerprint density at radius 2 is 1.62 bits per heavy atom. The number of hydrogen-bond donors (Lipinski definition) is 1. The van der Waals surface area contributed by atoms with E-state index in [9.17, 15) is 13.9 Å². The molecule has 2 heterocycles. The van der Waals surface area contributed by atoms with Crippen molar-refractivity contribution >= 4 is 0 Å². The molecule has 0 aromatic rings. The minimum atomic E-state index is -2.27. The first kappa shape index (κ1) is 17.0. The lowest BCUT2D eigenvalue weighted by atomic mass is 10.1. The first-order valence-corrected chi connectivity index (χ1v) is 7.73. The summed E-state index contributed by atoms with van der Waals surface area (Å²) < 4.78 is 35.5. The van der Waals surface area contributed by atoms with Gasteiger partial charge in [-0.2, -0.15) is 0 Å². The predicted molar refractivity (Wildman–Crippen MR) is 74.7 cm³/mol. The van der Waals surface area contributed by atoms with E-state index in [2.05, 4.69) is 4.90 Å². The van der Waals surface area contributed by atoms with Crippen LogP contribution in [0.5, 0.6) is 0 Å². The third-order valence-corrected chi connectivity index (χ3v) is 4.02. The van der Waals surface area contributed by atoms with Gasteiger partial charge in [0.15, 0.2) is 0 Å². The summed E-state index contributed by atoms with van der Waals surface area (Å²) in [5.74, 6) is 0. The number of β-amino-alcohol motifs (C(OH)–C–C–N with tert-alkyl or cyclic N) is 1. The van der Waals surface area contributed by atoms with Gasteiger partial charge in [-0.3, -0.25) is 9.80 Å². The second-order valence-corrected chi connectivity index (χ2v) is 5.79. The van der Waals surface area contributed by atoms with Crippen molar-refractivity contribution in [2.45, 2.75) is 31.5 Å². The minimum absolute atomic E-state index is 0.150. The number of aliphatic hydroxyl groups is 1. The number of nitrogens with zero attached hydrogens (tertiary/aromatic N) is 2. The average Bonchev–Trinajstić information content (AvgIpc) is 2.48. The van der Waals surface area contributed by atoms with Crippen molar-refractivity contribution in [3.63, 3.8) is 0 Å². The molecule has 124 valence electrons. The Kier molecular flexibility index (Phi) is 7.25. The molecule has 0 radical (unpaired) electrons. The molecule has 21 heavy (non-hydrogen) atoms. The fourth-order valence-corrected chi connectivity index (χ4v) is 2.79. The Morgan fingerprint density at radius 1 is 1.05 bits per heavy atom. The molecule has 2 fully saturated rings. The van der Waals surface area contributed by atoms with E-state index in [-0.39, 0.29) is 12.6 Å². The molecule has 5 nitrogen and oxygen atoms in total. The van der Waals surface area contributed by atoms with E-state index in [1.165, 1.54) is 0 Å². The van der Waals surface area contributed by atoms with Gasteiger partial charge in [-0.25, -0.2) is 8.78 Å². The molecule has 1 atom stereocenters. The topological polar surface area (TPSA) is 45.2 Å². The van der Waals surface area contributed by atoms with Crippen molar-refractivity contribution in [3.05, 3.63) is 0 Å². The van der Waals surface area contributed by atoms with E-state index >= 15 is 0 Å². The lowest BCUT2D eigenvalue weighted by molar-refractivity contribution is -0.0662. The molecule has 2 saturated heterocycles. The normalized spacial score (nSPS) is 24.6. The highest BCUT2D eigenvalue weighted by Crippen LogP contribution is 2.11. The minimum Gasteiger partial charge on any atom is -0.389 e. The molecular formula is C14H26F2N2O3. The van der Waals surface area contributed by atoms with Crippen LogP contribution in [-0.2, 0) is 9.47 Å². The third-order valence-electron chi connectivity index (χ3n) is 4.02. The second-order valence-electron chi connectivity index (χ2n) is 5.79. The largest absolute Gasteiger partial charge is 0.389 e. The second kappa shape index (κ2) is 8.95. The van der Waals surface area contributed by atoms with Crippen molar-refractivity contribution in [2.24, 2.45) is 0 Å². The summed E-state index contributed by atoms with van der Waals surface area (Å²) in [5, 5.41) is 10.0. The number of alkyl halides is 2. The molecule has 0 saturated carbocycles. The maximum Gasteiger partial charge on any atom is 0.251 e. The fourth-order valence-electron chi connectivity index (χ4n) is 2.79. The summed E-state index contributed by atoms with van der Waals surface area (Å²) in [5.41, 5.74) is 0. The van der Waals surface area contributed by atoms with Gasteiger partial charge in [-0.1, -0.05) is 0 Å². The highest BCUT2D eigenvalue weighted by atomic mass is 19.3. The van der Waals surface area contributed by atoms with Gasteiger partial charge in [-0.15, -0.1) is 0 Å². The summed E-state index contributed by atoms with van der Waals surface area (Å²) in [6.07, 6.45) is -0.821. The Morgan fingerprint density at radius 3 is 2.19 bits per heavy atom. The molecule has 2 aliphatic rings. The van der Waals surface area contributed by atoms with Crippen LogP contribution < -0.4 is 0 Å². The zero-order valence-electron chi connectivity index (χ0n) is 12.4. The molecular weight excluding hydrogens is 282 g/mol. The van der Waals surface area contributed by atoms with Crippen LogP contribution in [0.4, 0.5) is 8.78 Å². The zero-order valence-corrected chi connectivity index (χ0v) is 12.4. The number of halogens is 2. The van der Waals surface area contributed by atoms with Gasteiger partial charge < -0.3 is 14.6 Å². The van der Waals surface area contributed by atoms with Crippen LogP contribution in [0.15, 0.2) is 0 Å². The van der Waals surface area contributed by atoms with E-state index in [1.54, 1.807) is 4.90 Å². The SMILES string of the molecule is OC(COC1CCOCC1)CN1CCN(CC(F)F)CC1. The Bertz CT molecular complexity index is 283. The first-order chi connectivity index (χ1) is 10.1. The molecule has 2 aliphatic heterocycles. The van der Waals surface area contributed by atoms with Crippen LogP contribution in [0.2, 0.25) is 0 Å². The lowest BCUT2D eigenvalue weighted by Crippen LogP contribution is -2.50. The molecule has 7 heteroatoms. The lowest BCUT2D eigenvalue weighted by Gasteiger charge is -2.35. The summed E-state index contributed by atoms with van der Waals surface area (Å²) >= 11 is 0. The van der Waals surface area contributed by atoms with Crippen LogP contribution in [0.3, 0.4) is 0 Å². The molecule has 2 rings (SSSR count). The van der Waals surface area contributed by atoms with Gasteiger partial charge >= 0.3 is 0 Å². The smallest absolute Gasteiger partial charge is 0.251 e. The van der Waals surface area contributed by atoms with Gasteiger partial charge in [0.2, 0.25) is 0 Å². The van der Waals surface area contributed by atoms with E-state index in [1.807, 2.05) is 0 Å². The summed E-state index contributed by atoms with van der Waals surface area (Å²) in [6, 6.07) is 0. The summed E-state index contributed by atoms with van der Waals surface area (Å²) in [4.78, 5) is 3.88. The van der Waals surface area contributed by atoms with Crippen molar-refractivity contribution in [2.75, 3.05) is 59.1 Å². The van der Waals surface area contributed by atoms with Gasteiger partial charge in [0.05, 0.1) is 25.4 Å². The number of rotatable bonds is 7. The molecule has 0 amide bonds. The van der Waals surface area contributed by atoms with E-state index < -0.39 is 12.5 Å². The fraction of sp³-hybridized carbons (Fsp3) is 1.00. The number of hydrogen-bond acceptors (Lipinski definition) is 5. The highest BCUT2D eigenvalue weighted by molar-refractivity contribution is 4.75. The number of ether oxygens (including phenoxy) is 2. The summed E-state index contributed by atoms with van der Waals surface area (Å²) in [7, 11) is 0. The number of aliphatic hydroxyl groups excluding tert-OH is 1. The van der Waals surface area contributed by atoms with Gasteiger partial charge in [0.1, 0.15) is 0 Å². The molecule has 0 aliphatic carbocycles. The Balaban J connectivity index is 1.57. The van der Waals surface area contributed by atoms with Crippen LogP contribution in [0, 0.1) is 0 Å². The van der Waals surface area contributed by atoms with E-state index in [4.69, 9.17) is 9.47 Å². The van der Waals surface area contributed by atoms with Crippen LogP contribution in [0.25, 0.3) is 0 Å². The predicted octanol–water partition coefficient (Wildman–Crippen LogP) is 0.426. The Hall–Kier alpha value is -0.340. The molecule has 0 aromatic heterocycles. The monoisotopic (exact) mass is 308 g/mol. The average molecular weight is 308 g/mol. The van der Waals surface area contributed by atoms with Crippen LogP contribution in [0.1, 0.15) is 12.8 Å². The van der Waals surface area contributed by atoms with Crippen molar-refractivity contribution in [1.82, 2.24) is 9.80 Å². The zero-order chi connectivity index (χ0) is 15.1. The Labute approximate surface area is 124 Å². The van der Waals surface area contributed by atoms with Crippen LogP contribution in [-0.4, -0.2) is 92.6 Å². The maximum absolute atomic E-state index is 12.3. The third kappa shape index (κ3) is 6.52. The highest BCUT2D eigenvalue weighted by Gasteiger charge is 2.22. The van der Waals surface area contributed by atoms with Crippen molar-refractivity contribution < 1.29 is 23.4 Å². The van der Waals surface area contributed by atoms with Crippen molar-refractivity contribution in [3.8, 4) is 0 Å². The van der Waals surface area contributed by atoms with Crippen LogP contribution >= 0.6 is 0 Å². The standard InChI is InChI=1S/C14H26F2N2O3/c15-14(16)10-18-5-3-17(4-6-18)9-12(19)11-21-13-1-7-20-8-2-13/h12-14,19H,1-11H2. The van der Waals surface area contributed by atoms with Gasteiger partial charge in [0.25, 0.3) is 6.43 Å². The molecule has 0 spiro atoms. The van der Waals surface area contributed by atoms with Gasteiger partial charge in [-0.05, 0) is 12.8 Å². The quantitative estimate of drug-likeness (QED) is 0.739. The van der Waals surface area contributed by atoms with E-state index in [0.717, 1.165) is 39.1 Å². The molecule has 0 bridgehead atoms.